The van der Waals surface area contributed by atoms with Gasteiger partial charge >= 0.3 is 0 Å². The zero-order valence-corrected chi connectivity index (χ0v) is 48.2. The topological polar surface area (TPSA) is 262 Å². The number of carbonyl (C=O) groups is 6. The summed E-state index contributed by atoms with van der Waals surface area (Å²) in [5.74, 6) is -6.40. The number of piperidine rings is 2. The molecule has 81 heavy (non-hydrogen) atoms. The predicted octanol–water partition coefficient (Wildman–Crippen LogP) is 2.95. The molecule has 14 rings (SSSR count). The Bertz CT molecular complexity index is 3220. The van der Waals surface area contributed by atoms with Crippen LogP contribution < -0.4 is 16.4 Å². The maximum Gasteiger partial charge on any atom is 0.280 e. The number of likely N-dealkylation sites (tertiary alicyclic amines) is 2. The Morgan fingerprint density at radius 3 is 1.59 bits per heavy atom. The van der Waals surface area contributed by atoms with E-state index in [4.69, 9.17) is 9.47 Å². The Morgan fingerprint density at radius 1 is 0.691 bits per heavy atom. The summed E-state index contributed by atoms with van der Waals surface area (Å²) in [7, 11) is 5.62. The molecule has 0 radical (unpaired) electrons. The van der Waals surface area contributed by atoms with Crippen molar-refractivity contribution in [1.29, 1.82) is 0 Å². The fraction of sp³-hybridized carbons (Fsp3) is 0.633. The molecule has 10 aliphatic rings. The fourth-order valence-electron chi connectivity index (χ4n) is 16.4. The van der Waals surface area contributed by atoms with E-state index in [0.717, 1.165) is 36.7 Å². The number of fused-ring (bicyclic) bond motifs is 10. The first kappa shape index (κ1) is 55.6. The molecule has 2 aliphatic carbocycles. The third-order valence-corrected chi connectivity index (χ3v) is 20.0. The minimum Gasteiger partial charge on any atom is -0.361 e. The van der Waals surface area contributed by atoms with Crippen LogP contribution in [-0.4, -0.2) is 192 Å². The number of benzene rings is 2. The average molecular weight is 1120 g/mol. The number of likely N-dealkylation sites (N-methyl/N-ethyl adjacent to an activating group) is 2. The van der Waals surface area contributed by atoms with E-state index in [1.165, 1.54) is 63.7 Å². The van der Waals surface area contributed by atoms with Crippen LogP contribution in [0.4, 0.5) is 0 Å². The average Bonchev–Trinajstić information content (AvgIpc) is 4.24. The molecule has 0 bridgehead atoms. The van der Waals surface area contributed by atoms with Gasteiger partial charge in [-0.25, -0.2) is 0 Å². The zero-order valence-electron chi connectivity index (χ0n) is 48.2. The van der Waals surface area contributed by atoms with Crippen LogP contribution in [0.2, 0.25) is 0 Å². The molecule has 21 nitrogen and oxygen atoms in total. The van der Waals surface area contributed by atoms with E-state index in [1.807, 2.05) is 27.7 Å². The van der Waals surface area contributed by atoms with E-state index in [0.29, 0.717) is 70.4 Å². The second-order valence-corrected chi connectivity index (χ2v) is 25.8. The number of nitrogens with one attached hydrogen (secondary N) is 4. The number of carbonyl (C=O) groups excluding carboxylic acids is 6. The van der Waals surface area contributed by atoms with E-state index in [-0.39, 0.29) is 59.1 Å². The maximum absolute atomic E-state index is 14.0. The van der Waals surface area contributed by atoms with Crippen molar-refractivity contribution in [2.24, 2.45) is 29.4 Å². The van der Waals surface area contributed by atoms with Crippen LogP contribution in [0.5, 0.6) is 0 Å². The number of hydrogen-bond donors (Lipinski definition) is 7. The van der Waals surface area contributed by atoms with Crippen molar-refractivity contribution >= 4 is 57.2 Å². The Labute approximate surface area is 472 Å². The van der Waals surface area contributed by atoms with E-state index < -0.39 is 59.3 Å². The minimum absolute atomic E-state index is 0.123. The monoisotopic (exact) mass is 1120 g/mol. The molecule has 14 unspecified atom stereocenters. The van der Waals surface area contributed by atoms with Gasteiger partial charge in [-0.2, -0.15) is 0 Å². The number of H-pyrrole nitrogens is 2. The van der Waals surface area contributed by atoms with Crippen molar-refractivity contribution in [2.75, 3.05) is 47.3 Å². The fourth-order valence-corrected chi connectivity index (χ4v) is 16.4. The zero-order chi connectivity index (χ0) is 57.6. The predicted molar refractivity (Wildman–Crippen MR) is 299 cm³/mol. The molecular formula is C60H81N11O10. The number of aromatic nitrogens is 2. The quantitative estimate of drug-likeness (QED) is 0.141. The number of ether oxygens (including phenoxy) is 2. The summed E-state index contributed by atoms with van der Waals surface area (Å²) < 4.78 is 12.4. The molecule has 0 spiro atoms. The van der Waals surface area contributed by atoms with Gasteiger partial charge in [-0.15, -0.1) is 0 Å². The number of aliphatic hydroxyl groups is 2. The number of nitrogens with two attached hydrogens (primary N) is 1. The van der Waals surface area contributed by atoms with E-state index in [9.17, 15) is 39.0 Å². The highest BCUT2D eigenvalue weighted by molar-refractivity contribution is 5.99. The summed E-state index contributed by atoms with van der Waals surface area (Å²) in [5.41, 5.74) is 8.35. The van der Waals surface area contributed by atoms with Crippen LogP contribution in [0.15, 0.2) is 48.8 Å². The number of nitrogens with zero attached hydrogens (tertiary/aromatic N) is 6. The molecule has 4 aromatic rings. The van der Waals surface area contributed by atoms with Gasteiger partial charge in [0, 0.05) is 84.3 Å². The van der Waals surface area contributed by atoms with Gasteiger partial charge in [-0.1, -0.05) is 52.0 Å². The first-order valence-electron chi connectivity index (χ1n) is 29.5. The Hall–Kier alpha value is -5.94. The molecule has 436 valence electrons. The third kappa shape index (κ3) is 8.39. The summed E-state index contributed by atoms with van der Waals surface area (Å²) >= 11 is 0. The second-order valence-electron chi connectivity index (χ2n) is 25.8. The molecule has 8 fully saturated rings. The summed E-state index contributed by atoms with van der Waals surface area (Å²) in [6.07, 6.45) is 10.3. The molecule has 14 atom stereocenters. The highest BCUT2D eigenvalue weighted by Gasteiger charge is 2.72. The van der Waals surface area contributed by atoms with E-state index >= 15 is 0 Å². The number of aromatic amines is 2. The molecule has 8 saturated heterocycles. The van der Waals surface area contributed by atoms with E-state index in [2.05, 4.69) is 99.0 Å². The highest BCUT2D eigenvalue weighted by atomic mass is 16.7. The molecule has 6 amide bonds. The molecule has 10 heterocycles. The van der Waals surface area contributed by atoms with Crippen LogP contribution in [0.3, 0.4) is 0 Å². The molecule has 2 aromatic carbocycles. The highest BCUT2D eigenvalue weighted by Crippen LogP contribution is 2.51. The van der Waals surface area contributed by atoms with Gasteiger partial charge in [0.25, 0.3) is 23.6 Å². The van der Waals surface area contributed by atoms with Crippen molar-refractivity contribution in [3.05, 3.63) is 71.0 Å². The van der Waals surface area contributed by atoms with Gasteiger partial charge < -0.3 is 56.1 Å². The normalized spacial score (nSPS) is 36.7. The summed E-state index contributed by atoms with van der Waals surface area (Å²) in [6, 6.07) is 10.2. The largest absolute Gasteiger partial charge is 0.361 e. The lowest BCUT2D eigenvalue weighted by Crippen LogP contribution is -2.72. The van der Waals surface area contributed by atoms with Crippen LogP contribution >= 0.6 is 0 Å². The Morgan fingerprint density at radius 2 is 1.14 bits per heavy atom. The standard InChI is InChI=1S/C30H39N5O5.C29H37N5O5.CH5N/c1-16(2)11-23-27(37)34-10-6-9-24(34)30(39)35(23)28(38)29(3,40-30)32-26(36)18-12-20-19-7-5-8-21-25(19)17(14-31-21)13-22(20)33(4)15-18;1-15(2)24-26(36)33-10-6-9-22(33)29(38)34(24)27(37)28(3,39-29)31-25(35)17-11-19-18-7-5-8-20-23(18)16(13-30-20)12-21(19)32(4)14-17;1-2/h5,7-8,14,16,18,20,22-24,31,39H,6,9-13,15H2,1-4H3,(H,32,36);5,7-8,13,15,17,19,21-22,24,30,38H,6,9-12,14H2,1-4H3,(H,31,35);2H2,1H3. The minimum atomic E-state index is -1.98. The number of hydrogen-bond acceptors (Lipinski definition) is 13. The SMILES string of the molecule is CC(C)C1C(=O)N2CCCC2C2(O)OC(C)(NC(=O)C3CC4c5cccc6[nH]cc(c56)CC4N(C)C3)C(=O)N12.CC(C)CC1C(=O)N2CCCC2C2(O)OC(C)(NC(=O)C3CC4c5cccc6[nH]cc(c56)CC4N(C)C3)C(=O)N12.CN. The van der Waals surface area contributed by atoms with Crippen molar-refractivity contribution in [3.8, 4) is 0 Å². The van der Waals surface area contributed by atoms with Crippen molar-refractivity contribution in [1.82, 2.24) is 50.0 Å². The third-order valence-electron chi connectivity index (χ3n) is 20.0. The van der Waals surface area contributed by atoms with Crippen molar-refractivity contribution in [2.45, 2.75) is 171 Å². The Balaban J connectivity index is 0.000000156. The first-order valence-corrected chi connectivity index (χ1v) is 29.5. The summed E-state index contributed by atoms with van der Waals surface area (Å²) in [4.78, 5) is 99.4. The lowest BCUT2D eigenvalue weighted by atomic mass is 9.72. The Kier molecular flexibility index (Phi) is 13.6. The van der Waals surface area contributed by atoms with Gasteiger partial charge in [0.15, 0.2) is 0 Å². The summed E-state index contributed by atoms with van der Waals surface area (Å²) in [5, 5.41) is 32.0. The van der Waals surface area contributed by atoms with Gasteiger partial charge in [0.2, 0.25) is 35.1 Å². The smallest absolute Gasteiger partial charge is 0.280 e. The van der Waals surface area contributed by atoms with Crippen LogP contribution in [0, 0.1) is 23.7 Å². The van der Waals surface area contributed by atoms with Gasteiger partial charge in [-0.3, -0.25) is 48.0 Å². The molecule has 8 N–H and O–H groups in total. The second kappa shape index (κ2) is 19.9. The lowest BCUT2D eigenvalue weighted by Gasteiger charge is -2.49. The van der Waals surface area contributed by atoms with Crippen LogP contribution in [0.1, 0.15) is 121 Å². The van der Waals surface area contributed by atoms with Crippen LogP contribution in [-0.2, 0) is 51.1 Å². The van der Waals surface area contributed by atoms with Gasteiger partial charge in [0.1, 0.15) is 24.2 Å². The number of amides is 6. The first-order chi connectivity index (χ1) is 38.5. The molecule has 21 heteroatoms. The van der Waals surface area contributed by atoms with Crippen molar-refractivity contribution < 1.29 is 48.5 Å². The van der Waals surface area contributed by atoms with Crippen molar-refractivity contribution in [3.63, 3.8) is 0 Å². The molecule has 2 aromatic heterocycles. The molecule has 8 aliphatic heterocycles. The van der Waals surface area contributed by atoms with E-state index in [1.54, 1.807) is 9.80 Å². The maximum atomic E-state index is 14.0. The molecule has 0 saturated carbocycles. The number of rotatable bonds is 7. The summed E-state index contributed by atoms with van der Waals surface area (Å²) in [6.45, 7) is 12.9. The van der Waals surface area contributed by atoms with Crippen LogP contribution in [0.25, 0.3) is 21.8 Å². The number of piperazine rings is 2. The van der Waals surface area contributed by atoms with Gasteiger partial charge in [0.05, 0.1) is 11.8 Å². The molecular weight excluding hydrogens is 1030 g/mol. The van der Waals surface area contributed by atoms with Gasteiger partial charge in [-0.05, 0) is 139 Å². The lowest BCUT2D eigenvalue weighted by molar-refractivity contribution is -0.317.